The zero-order chi connectivity index (χ0) is 24.8. The molecule has 35 heavy (non-hydrogen) atoms. The first-order valence-electron chi connectivity index (χ1n) is 11.8. The fraction of sp³-hybridized carbons (Fsp3) is 0.296. The Kier molecular flexibility index (Phi) is 7.50. The smallest absolute Gasteiger partial charge is 0.295 e. The van der Waals surface area contributed by atoms with E-state index in [-0.39, 0.29) is 11.3 Å². The minimum absolute atomic E-state index is 0.0811. The van der Waals surface area contributed by atoms with Crippen molar-refractivity contribution in [2.24, 2.45) is 0 Å². The molecule has 8 heteroatoms. The van der Waals surface area contributed by atoms with E-state index in [4.69, 9.17) is 9.47 Å². The van der Waals surface area contributed by atoms with Crippen LogP contribution in [0.3, 0.4) is 0 Å². The number of ketones is 1. The minimum Gasteiger partial charge on any atom is -0.507 e. The first-order chi connectivity index (χ1) is 17.0. The molecule has 2 aromatic carbocycles. The highest BCUT2D eigenvalue weighted by Gasteiger charge is 2.45. The summed E-state index contributed by atoms with van der Waals surface area (Å²) in [6, 6.07) is 13.4. The summed E-state index contributed by atoms with van der Waals surface area (Å²) in [4.78, 5) is 30.8. The Hall–Kier alpha value is -4.07. The molecule has 0 radical (unpaired) electrons. The van der Waals surface area contributed by atoms with Gasteiger partial charge in [0.05, 0.1) is 31.4 Å². The average molecular weight is 477 g/mol. The van der Waals surface area contributed by atoms with Gasteiger partial charge in [-0.25, -0.2) is 4.57 Å². The molecule has 0 spiro atoms. The zero-order valence-electron chi connectivity index (χ0n) is 19.9. The predicted octanol–water partition coefficient (Wildman–Crippen LogP) is 3.61. The summed E-state index contributed by atoms with van der Waals surface area (Å²) in [6.07, 6.45) is 6.21. The number of carbonyl (C=O) groups excluding carboxylic acids is 2. The molecule has 8 nitrogen and oxygen atoms in total. The Morgan fingerprint density at radius 1 is 1.00 bits per heavy atom. The van der Waals surface area contributed by atoms with Crippen molar-refractivity contribution in [3.05, 3.63) is 84.0 Å². The molecule has 1 amide bonds. The fourth-order valence-corrected chi connectivity index (χ4v) is 4.28. The summed E-state index contributed by atoms with van der Waals surface area (Å²) in [5.74, 6) is -0.147. The van der Waals surface area contributed by atoms with Gasteiger partial charge in [0.1, 0.15) is 29.7 Å². The van der Waals surface area contributed by atoms with Crippen LogP contribution in [0.2, 0.25) is 0 Å². The number of aryl methyl sites for hydroxylation is 1. The molecule has 4 rings (SSSR count). The lowest BCUT2D eigenvalue weighted by Crippen LogP contribution is -2.36. The van der Waals surface area contributed by atoms with Crippen molar-refractivity contribution >= 4 is 17.4 Å². The fourth-order valence-electron chi connectivity index (χ4n) is 4.28. The molecule has 182 valence electrons. The van der Waals surface area contributed by atoms with Gasteiger partial charge in [0.2, 0.25) is 6.33 Å². The number of aromatic amines is 1. The molecular weight excluding hydrogens is 446 g/mol. The van der Waals surface area contributed by atoms with Gasteiger partial charge in [0.25, 0.3) is 11.7 Å². The molecule has 0 aliphatic carbocycles. The second-order valence-corrected chi connectivity index (χ2v) is 8.15. The van der Waals surface area contributed by atoms with Crippen molar-refractivity contribution in [3.8, 4) is 11.5 Å². The number of aliphatic hydroxyl groups excluding tert-OH is 1. The highest BCUT2D eigenvalue weighted by Crippen LogP contribution is 2.40. The number of amides is 1. The first-order valence-corrected chi connectivity index (χ1v) is 11.8. The molecule has 1 aliphatic rings. The normalized spacial score (nSPS) is 17.1. The Balaban J connectivity index is 1.70. The predicted molar refractivity (Wildman–Crippen MR) is 130 cm³/mol. The van der Waals surface area contributed by atoms with Crippen molar-refractivity contribution in [2.75, 3.05) is 19.8 Å². The molecule has 1 aliphatic heterocycles. The maximum Gasteiger partial charge on any atom is 0.295 e. The van der Waals surface area contributed by atoms with Gasteiger partial charge in [-0.3, -0.25) is 14.6 Å². The topological polar surface area (TPSA) is 95.7 Å². The number of ether oxygens (including phenoxy) is 2. The van der Waals surface area contributed by atoms with Crippen LogP contribution in [0.25, 0.3) is 5.76 Å². The van der Waals surface area contributed by atoms with E-state index in [1.54, 1.807) is 29.2 Å². The molecule has 3 aromatic rings. The summed E-state index contributed by atoms with van der Waals surface area (Å²) in [5, 5.41) is 11.2. The number of benzene rings is 2. The number of Topliss-reactive ketones (excluding diaryl/α,β-unsaturated/α-hetero) is 1. The number of nitrogens with zero attached hydrogens (tertiary/aromatic N) is 2. The molecule has 2 N–H and O–H groups in total. The summed E-state index contributed by atoms with van der Waals surface area (Å²) in [5.41, 5.74) is 1.26. The Morgan fingerprint density at radius 2 is 1.63 bits per heavy atom. The van der Waals surface area contributed by atoms with Crippen LogP contribution in [-0.4, -0.2) is 46.4 Å². The van der Waals surface area contributed by atoms with Crippen LogP contribution in [0.1, 0.15) is 37.4 Å². The summed E-state index contributed by atoms with van der Waals surface area (Å²) in [7, 11) is 0. The number of H-pyrrole nitrogens is 1. The largest absolute Gasteiger partial charge is 0.507 e. The highest BCUT2D eigenvalue weighted by molar-refractivity contribution is 6.46. The first kappa shape index (κ1) is 24.1. The van der Waals surface area contributed by atoms with E-state index in [1.165, 1.54) is 0 Å². The van der Waals surface area contributed by atoms with Crippen LogP contribution >= 0.6 is 0 Å². The van der Waals surface area contributed by atoms with E-state index in [1.807, 2.05) is 61.4 Å². The van der Waals surface area contributed by atoms with Crippen LogP contribution in [0.4, 0.5) is 0 Å². The van der Waals surface area contributed by atoms with E-state index in [0.29, 0.717) is 49.8 Å². The van der Waals surface area contributed by atoms with E-state index in [0.717, 1.165) is 5.56 Å². The highest BCUT2D eigenvalue weighted by atomic mass is 16.5. The molecular formula is C27H30N3O5+. The quantitative estimate of drug-likeness (QED) is 0.202. The number of imidazole rings is 1. The summed E-state index contributed by atoms with van der Waals surface area (Å²) in [6.45, 7) is 5.90. The Labute approximate surface area is 204 Å². The van der Waals surface area contributed by atoms with Crippen molar-refractivity contribution < 1.29 is 28.7 Å². The van der Waals surface area contributed by atoms with Gasteiger partial charge >= 0.3 is 0 Å². The number of aliphatic hydroxyl groups is 1. The van der Waals surface area contributed by atoms with Gasteiger partial charge in [0.15, 0.2) is 0 Å². The summed E-state index contributed by atoms with van der Waals surface area (Å²) < 4.78 is 13.0. The zero-order valence-corrected chi connectivity index (χ0v) is 19.9. The van der Waals surface area contributed by atoms with Gasteiger partial charge in [0, 0.05) is 18.5 Å². The number of hydrogen-bond acceptors (Lipinski definition) is 5. The maximum atomic E-state index is 13.2. The van der Waals surface area contributed by atoms with E-state index in [2.05, 4.69) is 4.98 Å². The van der Waals surface area contributed by atoms with Crippen LogP contribution in [0.5, 0.6) is 11.5 Å². The maximum absolute atomic E-state index is 13.2. The van der Waals surface area contributed by atoms with Gasteiger partial charge < -0.3 is 19.5 Å². The number of likely N-dealkylation sites (tertiary alicyclic amines) is 1. The van der Waals surface area contributed by atoms with Gasteiger partial charge in [-0.05, 0) is 55.8 Å². The number of rotatable bonds is 10. The molecule has 1 saturated heterocycles. The second kappa shape index (κ2) is 10.9. The average Bonchev–Trinajstić information content (AvgIpc) is 3.47. The lowest BCUT2D eigenvalue weighted by atomic mass is 9.95. The molecule has 2 heterocycles. The van der Waals surface area contributed by atoms with Gasteiger partial charge in [-0.15, -0.1) is 0 Å². The Morgan fingerprint density at radius 3 is 2.20 bits per heavy atom. The van der Waals surface area contributed by atoms with E-state index >= 15 is 0 Å². The monoisotopic (exact) mass is 476 g/mol. The third-order valence-corrected chi connectivity index (χ3v) is 5.90. The van der Waals surface area contributed by atoms with Crippen molar-refractivity contribution in [1.29, 1.82) is 0 Å². The van der Waals surface area contributed by atoms with Gasteiger partial charge in [-0.1, -0.05) is 12.1 Å². The number of aromatic nitrogens is 2. The molecule has 1 atom stereocenters. The van der Waals surface area contributed by atoms with Crippen molar-refractivity contribution in [1.82, 2.24) is 9.88 Å². The summed E-state index contributed by atoms with van der Waals surface area (Å²) >= 11 is 0. The van der Waals surface area contributed by atoms with Crippen LogP contribution < -0.4 is 14.0 Å². The molecule has 1 unspecified atom stereocenters. The second-order valence-electron chi connectivity index (χ2n) is 8.15. The third kappa shape index (κ3) is 5.21. The van der Waals surface area contributed by atoms with Crippen LogP contribution in [0.15, 0.2) is 72.8 Å². The van der Waals surface area contributed by atoms with E-state index in [9.17, 15) is 14.7 Å². The molecule has 1 fully saturated rings. The molecule has 0 saturated carbocycles. The molecule has 0 bridgehead atoms. The SMILES string of the molecule is CCOc1ccc(/C(O)=C2\C(=O)C(=O)N(CCC[n+]3cc[nH]c3)C2c2ccc(OCC)cc2)cc1. The van der Waals surface area contributed by atoms with Crippen LogP contribution in [-0.2, 0) is 16.1 Å². The third-order valence-electron chi connectivity index (χ3n) is 5.90. The van der Waals surface area contributed by atoms with Crippen molar-refractivity contribution in [2.45, 2.75) is 32.9 Å². The van der Waals surface area contributed by atoms with E-state index < -0.39 is 17.7 Å². The number of nitrogens with one attached hydrogen (secondary N) is 1. The number of hydrogen-bond donors (Lipinski definition) is 2. The van der Waals surface area contributed by atoms with Crippen molar-refractivity contribution in [3.63, 3.8) is 0 Å². The van der Waals surface area contributed by atoms with Crippen LogP contribution in [0, 0.1) is 0 Å². The minimum atomic E-state index is -0.700. The Bertz CT molecular complexity index is 1180. The standard InChI is InChI=1S/C27H29N3O5/c1-3-34-21-10-6-19(7-11-21)24-23(25(31)20-8-12-22(13-9-20)35-4-2)26(32)27(33)30(24)16-5-15-29-17-14-28-18-29/h6-14,17-18,24H,3-5,15-16H2,1-2H3,(H,31,32)/p+1. The van der Waals surface area contributed by atoms with Gasteiger partial charge in [-0.2, -0.15) is 0 Å². The number of carbonyl (C=O) groups is 2. The molecule has 1 aromatic heterocycles. The lowest BCUT2D eigenvalue weighted by Gasteiger charge is -2.25. The lowest BCUT2D eigenvalue weighted by molar-refractivity contribution is -0.695.